The van der Waals surface area contributed by atoms with Crippen LogP contribution in [0, 0.1) is 22.8 Å². The largest absolute Gasteiger partial charge is 0.273 e. The molecule has 46 valence electrons. The number of carbonyl (C=O) groups is 1. The Morgan fingerprint density at radius 2 is 2.22 bits per heavy atom. The Bertz CT molecular complexity index is 185. The third kappa shape index (κ3) is 2.30. The number of carbonyl (C=O) groups excluding carboxylic acids is 1. The van der Waals surface area contributed by atoms with Gasteiger partial charge >= 0.3 is 0 Å². The molecule has 0 saturated heterocycles. The third-order valence-corrected chi connectivity index (χ3v) is 0.754. The second-order valence-corrected chi connectivity index (χ2v) is 1.39. The van der Waals surface area contributed by atoms with Gasteiger partial charge in [0.05, 0.1) is 6.07 Å². The van der Waals surface area contributed by atoms with Crippen LogP contribution in [0.25, 0.3) is 0 Å². The molecule has 0 atom stereocenters. The molecule has 0 aromatic heterocycles. The van der Waals surface area contributed by atoms with Crippen molar-refractivity contribution in [1.29, 1.82) is 10.5 Å². The highest BCUT2D eigenvalue weighted by Crippen LogP contribution is 1.84. The van der Waals surface area contributed by atoms with E-state index in [-0.39, 0.29) is 6.42 Å². The number of rotatable bonds is 1. The van der Waals surface area contributed by atoms with Gasteiger partial charge < -0.3 is 0 Å². The summed E-state index contributed by atoms with van der Waals surface area (Å²) in [5.74, 6) is -0.472. The van der Waals surface area contributed by atoms with Crippen molar-refractivity contribution in [2.75, 3.05) is 7.05 Å². The van der Waals surface area contributed by atoms with E-state index in [4.69, 9.17) is 10.5 Å². The first-order valence-corrected chi connectivity index (χ1v) is 2.25. The molecule has 0 aliphatic heterocycles. The summed E-state index contributed by atoms with van der Waals surface area (Å²) in [5, 5.41) is 16.1. The molecule has 0 aromatic carbocycles. The van der Waals surface area contributed by atoms with Crippen molar-refractivity contribution in [2.24, 2.45) is 0 Å². The van der Waals surface area contributed by atoms with Crippen LogP contribution in [0.4, 0.5) is 0 Å². The van der Waals surface area contributed by atoms with Gasteiger partial charge in [-0.25, -0.2) is 0 Å². The van der Waals surface area contributed by atoms with Crippen molar-refractivity contribution in [3.63, 3.8) is 0 Å². The molecule has 0 aliphatic rings. The zero-order valence-corrected chi connectivity index (χ0v) is 4.96. The first-order chi connectivity index (χ1) is 4.22. The predicted molar refractivity (Wildman–Crippen MR) is 28.6 cm³/mol. The summed E-state index contributed by atoms with van der Waals surface area (Å²) >= 11 is 0. The average Bonchev–Trinajstić information content (AvgIpc) is 1.87. The first kappa shape index (κ1) is 7.45. The lowest BCUT2D eigenvalue weighted by Crippen LogP contribution is -2.19. The molecule has 0 unspecified atom stereocenters. The molecule has 0 fully saturated rings. The Balaban J connectivity index is 3.81. The lowest BCUT2D eigenvalue weighted by molar-refractivity contribution is -0.126. The molecule has 0 bridgehead atoms. The summed E-state index contributed by atoms with van der Waals surface area (Å²) < 4.78 is 0. The van der Waals surface area contributed by atoms with E-state index < -0.39 is 5.91 Å². The smallest absolute Gasteiger partial charge is 0.249 e. The average molecular weight is 123 g/mol. The summed E-state index contributed by atoms with van der Waals surface area (Å²) in [6.45, 7) is 0. The van der Waals surface area contributed by atoms with Crippen LogP contribution in [0.3, 0.4) is 0 Å². The minimum atomic E-state index is -0.472. The third-order valence-electron chi connectivity index (χ3n) is 0.754. The van der Waals surface area contributed by atoms with Crippen molar-refractivity contribution in [3.8, 4) is 12.3 Å². The van der Waals surface area contributed by atoms with Gasteiger partial charge in [0.2, 0.25) is 5.91 Å². The fraction of sp³-hybridized carbons (Fsp3) is 0.400. The molecule has 0 aliphatic carbocycles. The topological polar surface area (TPSA) is 67.9 Å². The summed E-state index contributed by atoms with van der Waals surface area (Å²) in [5.41, 5.74) is 0. The second-order valence-electron chi connectivity index (χ2n) is 1.39. The zero-order chi connectivity index (χ0) is 7.28. The maximum absolute atomic E-state index is 10.5. The van der Waals surface area contributed by atoms with Crippen LogP contribution in [0.5, 0.6) is 0 Å². The van der Waals surface area contributed by atoms with Gasteiger partial charge in [0, 0.05) is 7.05 Å². The van der Waals surface area contributed by atoms with Crippen LogP contribution in [0.15, 0.2) is 0 Å². The lowest BCUT2D eigenvalue weighted by atomic mass is 10.4. The highest BCUT2D eigenvalue weighted by molar-refractivity contribution is 5.79. The summed E-state index contributed by atoms with van der Waals surface area (Å²) in [6, 6.07) is 1.64. The Kier molecular flexibility index (Phi) is 2.86. The van der Waals surface area contributed by atoms with Crippen LogP contribution >= 0.6 is 0 Å². The fourth-order valence-corrected chi connectivity index (χ4v) is 0.242. The van der Waals surface area contributed by atoms with Gasteiger partial charge in [-0.15, -0.1) is 0 Å². The molecule has 4 nitrogen and oxygen atoms in total. The van der Waals surface area contributed by atoms with E-state index in [1.54, 1.807) is 12.3 Å². The van der Waals surface area contributed by atoms with Gasteiger partial charge in [0.25, 0.3) is 0 Å². The van der Waals surface area contributed by atoms with Crippen molar-refractivity contribution in [2.45, 2.75) is 6.42 Å². The normalized spacial score (nSPS) is 7.00. The van der Waals surface area contributed by atoms with Gasteiger partial charge in [-0.3, -0.25) is 9.69 Å². The van der Waals surface area contributed by atoms with Crippen molar-refractivity contribution < 1.29 is 4.79 Å². The Morgan fingerprint density at radius 3 is 2.56 bits per heavy atom. The quantitative estimate of drug-likeness (QED) is 0.359. The van der Waals surface area contributed by atoms with Crippen LogP contribution in [0.1, 0.15) is 6.42 Å². The molecular formula is C5H5N3O. The van der Waals surface area contributed by atoms with Crippen LogP contribution in [-0.4, -0.2) is 17.9 Å². The van der Waals surface area contributed by atoms with E-state index in [9.17, 15) is 4.79 Å². The minimum Gasteiger partial charge on any atom is -0.273 e. The van der Waals surface area contributed by atoms with Gasteiger partial charge in [0.1, 0.15) is 6.42 Å². The monoisotopic (exact) mass is 123 g/mol. The van der Waals surface area contributed by atoms with E-state index >= 15 is 0 Å². The Labute approximate surface area is 52.9 Å². The molecule has 0 spiro atoms. The molecule has 0 saturated carbocycles. The van der Waals surface area contributed by atoms with Crippen molar-refractivity contribution in [3.05, 3.63) is 0 Å². The highest BCUT2D eigenvalue weighted by Gasteiger charge is 2.04. The number of nitrogens with zero attached hydrogens (tertiary/aromatic N) is 3. The SMILES string of the molecule is CN(C#N)C(=O)CC#N. The van der Waals surface area contributed by atoms with Gasteiger partial charge in [0.15, 0.2) is 6.19 Å². The van der Waals surface area contributed by atoms with Gasteiger partial charge in [-0.1, -0.05) is 0 Å². The summed E-state index contributed by atoms with van der Waals surface area (Å²) in [4.78, 5) is 11.3. The van der Waals surface area contributed by atoms with Crippen LogP contribution in [-0.2, 0) is 4.79 Å². The highest BCUT2D eigenvalue weighted by atomic mass is 16.2. The number of hydrogen-bond acceptors (Lipinski definition) is 3. The van der Waals surface area contributed by atoms with E-state index in [0.717, 1.165) is 4.90 Å². The number of hydrogen-bond donors (Lipinski definition) is 0. The zero-order valence-electron chi connectivity index (χ0n) is 4.96. The van der Waals surface area contributed by atoms with Crippen LogP contribution < -0.4 is 0 Å². The Morgan fingerprint density at radius 1 is 1.67 bits per heavy atom. The van der Waals surface area contributed by atoms with E-state index in [1.165, 1.54) is 7.05 Å². The van der Waals surface area contributed by atoms with E-state index in [1.807, 2.05) is 0 Å². The minimum absolute atomic E-state index is 0.232. The summed E-state index contributed by atoms with van der Waals surface area (Å²) in [7, 11) is 1.32. The molecule has 1 amide bonds. The maximum atomic E-state index is 10.5. The first-order valence-electron chi connectivity index (χ1n) is 2.25. The van der Waals surface area contributed by atoms with Crippen LogP contribution in [0.2, 0.25) is 0 Å². The molecule has 0 radical (unpaired) electrons. The standard InChI is InChI=1S/C5H5N3O/c1-8(4-7)5(9)2-3-6/h2H2,1H3. The Hall–Kier alpha value is -1.55. The molecule has 0 rings (SSSR count). The molecule has 0 aromatic rings. The van der Waals surface area contributed by atoms with Gasteiger partial charge in [-0.05, 0) is 0 Å². The van der Waals surface area contributed by atoms with E-state index in [2.05, 4.69) is 0 Å². The molecule has 0 N–H and O–H groups in total. The molecule has 0 heterocycles. The predicted octanol–water partition coefficient (Wildman–Crippen LogP) is -0.160. The summed E-state index contributed by atoms with van der Waals surface area (Å²) in [6.07, 6.45) is 1.35. The lowest BCUT2D eigenvalue weighted by Gasteiger charge is -2.00. The molecular weight excluding hydrogens is 118 g/mol. The van der Waals surface area contributed by atoms with Gasteiger partial charge in [-0.2, -0.15) is 10.5 Å². The molecule has 4 heteroatoms. The second kappa shape index (κ2) is 3.45. The maximum Gasteiger partial charge on any atom is 0.249 e. The van der Waals surface area contributed by atoms with Crippen molar-refractivity contribution >= 4 is 5.91 Å². The fourth-order valence-electron chi connectivity index (χ4n) is 0.242. The molecule has 9 heavy (non-hydrogen) atoms. The number of nitriles is 2. The van der Waals surface area contributed by atoms with Crippen molar-refractivity contribution in [1.82, 2.24) is 4.90 Å². The number of amides is 1. The van der Waals surface area contributed by atoms with E-state index in [0.29, 0.717) is 0 Å².